The Morgan fingerprint density at radius 2 is 1.26 bits per heavy atom. The van der Waals surface area contributed by atoms with Crippen LogP contribution in [0, 0.1) is 25.5 Å². The molecule has 8 aromatic rings. The fraction of sp³-hybridized carbons (Fsp3) is 0.0556. The zero-order chi connectivity index (χ0) is 32.4. The molecule has 5 aromatic carbocycles. The Hall–Kier alpha value is -5.52. The number of aryl methyl sites for hydroxylation is 2. The molecule has 8 rings (SSSR count). The number of benzene rings is 4. The average molecular weight is 658 g/mol. The molecule has 228 valence electrons. The summed E-state index contributed by atoms with van der Waals surface area (Å²) < 4.78 is 36.8. The zero-order valence-electron chi connectivity index (χ0n) is 24.8. The molecule has 0 spiro atoms. The number of pyridine rings is 1. The largest absolute Gasteiger partial charge is 0.301 e. The summed E-state index contributed by atoms with van der Waals surface area (Å²) in [5.74, 6) is -2.42. The molecule has 0 N–H and O–H groups in total. The SMILES string of the molecule is Cc1ccc(N(c2ccc(C)cc2)c2sc(-c3cnc(N=c4c(=O)c5cc(F)c(F)cc5c4=O)c4nsnc34)c3ccccc23)cc1. The molecular formula is C36H21F2N5O2S2. The molecule has 11 heteroatoms. The number of thiophene rings is 1. The van der Waals surface area contributed by atoms with Crippen LogP contribution in [0.2, 0.25) is 0 Å². The Bertz CT molecular complexity index is 2570. The molecule has 0 fully saturated rings. The number of halogens is 2. The van der Waals surface area contributed by atoms with Crippen LogP contribution in [-0.4, -0.2) is 13.7 Å². The number of nitrogens with zero attached hydrogens (tertiary/aromatic N) is 5. The molecule has 0 aliphatic carbocycles. The van der Waals surface area contributed by atoms with Gasteiger partial charge in [-0.05, 0) is 50.2 Å². The molecule has 0 radical (unpaired) electrons. The second-order valence-corrected chi connectivity index (χ2v) is 12.7. The third kappa shape index (κ3) is 4.74. The van der Waals surface area contributed by atoms with E-state index >= 15 is 0 Å². The van der Waals surface area contributed by atoms with Gasteiger partial charge in [0.05, 0.1) is 11.7 Å². The second kappa shape index (κ2) is 11.1. The maximum Gasteiger partial charge on any atom is 0.216 e. The lowest BCUT2D eigenvalue weighted by Gasteiger charge is -2.24. The molecule has 0 aliphatic rings. The van der Waals surface area contributed by atoms with Crippen LogP contribution in [0.4, 0.5) is 31.0 Å². The van der Waals surface area contributed by atoms with Gasteiger partial charge in [-0.3, -0.25) is 9.59 Å². The fourth-order valence-corrected chi connectivity index (χ4v) is 7.60. The Kier molecular flexibility index (Phi) is 6.81. The zero-order valence-corrected chi connectivity index (χ0v) is 26.4. The molecular weight excluding hydrogens is 637 g/mol. The standard InChI is InChI=1S/C36H21F2N5O2S2/c1-18-7-11-20(12-8-18)43(21-13-9-19(2)10-14-21)36-23-6-4-3-5-22(23)34(46-36)26-17-39-35(30-29(26)41-47-42-30)40-31-32(44)24-15-27(37)28(38)16-25(24)33(31)45/h3-17H,1-2H3. The fourth-order valence-electron chi connectivity index (χ4n) is 5.71. The third-order valence-corrected chi connectivity index (χ3v) is 9.87. The molecule has 3 aromatic heterocycles. The summed E-state index contributed by atoms with van der Waals surface area (Å²) in [6, 6.07) is 26.4. The van der Waals surface area contributed by atoms with Crippen molar-refractivity contribution in [1.29, 1.82) is 0 Å². The van der Waals surface area contributed by atoms with E-state index in [1.54, 1.807) is 17.5 Å². The number of hydrogen-bond donors (Lipinski definition) is 0. The van der Waals surface area contributed by atoms with E-state index in [9.17, 15) is 18.4 Å². The molecule has 3 heterocycles. The van der Waals surface area contributed by atoms with Crippen LogP contribution in [0.15, 0.2) is 106 Å². The first-order valence-electron chi connectivity index (χ1n) is 14.5. The topological polar surface area (TPSA) is 88.4 Å². The highest BCUT2D eigenvalue weighted by Crippen LogP contribution is 2.50. The van der Waals surface area contributed by atoms with Gasteiger partial charge >= 0.3 is 0 Å². The van der Waals surface area contributed by atoms with Crippen molar-refractivity contribution in [3.63, 3.8) is 0 Å². The predicted molar refractivity (Wildman–Crippen MR) is 184 cm³/mol. The highest BCUT2D eigenvalue weighted by atomic mass is 32.1. The minimum atomic E-state index is -1.22. The molecule has 7 nitrogen and oxygen atoms in total. The maximum atomic E-state index is 13.9. The molecule has 47 heavy (non-hydrogen) atoms. The minimum absolute atomic E-state index is 0.0185. The lowest BCUT2D eigenvalue weighted by atomic mass is 10.1. The van der Waals surface area contributed by atoms with Gasteiger partial charge < -0.3 is 4.90 Å². The van der Waals surface area contributed by atoms with E-state index in [2.05, 4.69) is 98.1 Å². The van der Waals surface area contributed by atoms with Crippen molar-refractivity contribution >= 4 is 77.8 Å². The van der Waals surface area contributed by atoms with Crippen molar-refractivity contribution in [2.24, 2.45) is 4.99 Å². The van der Waals surface area contributed by atoms with Gasteiger partial charge in [0.25, 0.3) is 0 Å². The van der Waals surface area contributed by atoms with Crippen LogP contribution >= 0.6 is 23.1 Å². The Labute approximate surface area is 273 Å². The summed E-state index contributed by atoms with van der Waals surface area (Å²) in [6.07, 6.45) is 1.61. The van der Waals surface area contributed by atoms with E-state index in [1.165, 1.54) is 0 Å². The second-order valence-electron chi connectivity index (χ2n) is 11.2. The smallest absolute Gasteiger partial charge is 0.216 e. The Morgan fingerprint density at radius 1 is 0.702 bits per heavy atom. The molecule has 0 bridgehead atoms. The Morgan fingerprint density at radius 3 is 1.85 bits per heavy atom. The summed E-state index contributed by atoms with van der Waals surface area (Å²) in [4.78, 5) is 38.0. The molecule has 0 unspecified atom stereocenters. The first-order chi connectivity index (χ1) is 22.8. The molecule has 0 atom stereocenters. The van der Waals surface area contributed by atoms with Crippen molar-refractivity contribution < 1.29 is 8.78 Å². The van der Waals surface area contributed by atoms with Crippen molar-refractivity contribution in [3.8, 4) is 10.4 Å². The average Bonchev–Trinajstić information content (AvgIpc) is 3.77. The molecule has 0 saturated carbocycles. The van der Waals surface area contributed by atoms with E-state index in [0.29, 0.717) is 11.0 Å². The van der Waals surface area contributed by atoms with Gasteiger partial charge in [0.15, 0.2) is 22.8 Å². The number of aromatic nitrogens is 3. The van der Waals surface area contributed by atoms with Gasteiger partial charge in [-0.15, -0.1) is 11.3 Å². The molecule has 0 saturated heterocycles. The normalized spacial score (nSPS) is 11.6. The highest BCUT2D eigenvalue weighted by molar-refractivity contribution is 7.21. The van der Waals surface area contributed by atoms with Crippen molar-refractivity contribution in [2.45, 2.75) is 13.8 Å². The van der Waals surface area contributed by atoms with E-state index < -0.39 is 27.8 Å². The van der Waals surface area contributed by atoms with Crippen molar-refractivity contribution in [1.82, 2.24) is 13.7 Å². The summed E-state index contributed by atoms with van der Waals surface area (Å²) in [5.41, 5.74) is 4.27. The summed E-state index contributed by atoms with van der Waals surface area (Å²) >= 11 is 2.55. The first-order valence-corrected chi connectivity index (χ1v) is 16.1. The molecule has 0 amide bonds. The lowest BCUT2D eigenvalue weighted by molar-refractivity contribution is 0.511. The third-order valence-electron chi connectivity index (χ3n) is 8.10. The number of anilines is 3. The van der Waals surface area contributed by atoms with E-state index in [0.717, 1.165) is 72.6 Å². The first kappa shape index (κ1) is 28.9. The van der Waals surface area contributed by atoms with Gasteiger partial charge in [0.2, 0.25) is 10.9 Å². The van der Waals surface area contributed by atoms with Crippen molar-refractivity contribution in [2.75, 3.05) is 4.90 Å². The maximum absolute atomic E-state index is 13.9. The quantitative estimate of drug-likeness (QED) is 0.185. The van der Waals surface area contributed by atoms with Crippen LogP contribution < -0.4 is 21.1 Å². The summed E-state index contributed by atoms with van der Waals surface area (Å²) in [7, 11) is 0. The van der Waals surface area contributed by atoms with Gasteiger partial charge in [-0.2, -0.15) is 8.75 Å². The van der Waals surface area contributed by atoms with E-state index in [-0.39, 0.29) is 16.6 Å². The Balaban J connectivity index is 1.33. The van der Waals surface area contributed by atoms with Gasteiger partial charge in [0.1, 0.15) is 16.0 Å². The highest BCUT2D eigenvalue weighted by Gasteiger charge is 2.24. The number of hydrogen-bond acceptors (Lipinski definition) is 9. The predicted octanol–water partition coefficient (Wildman–Crippen LogP) is 8.31. The van der Waals surface area contributed by atoms with Crippen LogP contribution in [0.1, 0.15) is 11.1 Å². The van der Waals surface area contributed by atoms with Gasteiger partial charge in [-0.25, -0.2) is 18.8 Å². The van der Waals surface area contributed by atoms with Gasteiger partial charge in [-0.1, -0.05) is 59.7 Å². The number of rotatable bonds is 5. The minimum Gasteiger partial charge on any atom is -0.301 e. The molecule has 0 aliphatic heterocycles. The van der Waals surface area contributed by atoms with Crippen LogP contribution in [0.3, 0.4) is 0 Å². The van der Waals surface area contributed by atoms with E-state index in [4.69, 9.17) is 0 Å². The summed E-state index contributed by atoms with van der Waals surface area (Å²) in [5, 5.41) is 2.09. The van der Waals surface area contributed by atoms with E-state index in [1.807, 2.05) is 12.1 Å². The van der Waals surface area contributed by atoms with Crippen LogP contribution in [0.5, 0.6) is 0 Å². The summed E-state index contributed by atoms with van der Waals surface area (Å²) in [6.45, 7) is 4.12. The van der Waals surface area contributed by atoms with Crippen LogP contribution in [0.25, 0.3) is 43.0 Å². The van der Waals surface area contributed by atoms with Crippen LogP contribution in [-0.2, 0) is 0 Å². The van der Waals surface area contributed by atoms with Gasteiger partial charge in [0, 0.05) is 49.6 Å². The monoisotopic (exact) mass is 657 g/mol. The van der Waals surface area contributed by atoms with Crippen molar-refractivity contribution in [3.05, 3.63) is 140 Å². The number of fused-ring (bicyclic) bond motifs is 3. The lowest BCUT2D eigenvalue weighted by Crippen LogP contribution is -2.31.